The SMILES string of the molecule is COCCCOc1c(N)cc(N)c(Cl)c1F. The predicted molar refractivity (Wildman–Crippen MR) is 62.2 cm³/mol. The van der Waals surface area contributed by atoms with Gasteiger partial charge < -0.3 is 20.9 Å². The molecule has 4 N–H and O–H groups in total. The average Bonchev–Trinajstić information content (AvgIpc) is 2.25. The highest BCUT2D eigenvalue weighted by atomic mass is 35.5. The molecule has 0 fully saturated rings. The van der Waals surface area contributed by atoms with Gasteiger partial charge in [-0.15, -0.1) is 0 Å². The quantitative estimate of drug-likeness (QED) is 0.618. The van der Waals surface area contributed by atoms with Crippen LogP contribution in [-0.4, -0.2) is 20.3 Å². The molecule has 0 amide bonds. The molecule has 4 nitrogen and oxygen atoms in total. The van der Waals surface area contributed by atoms with E-state index in [0.29, 0.717) is 19.6 Å². The van der Waals surface area contributed by atoms with Crippen LogP contribution in [0.15, 0.2) is 6.07 Å². The lowest BCUT2D eigenvalue weighted by atomic mass is 10.2. The Balaban J connectivity index is 2.76. The highest BCUT2D eigenvalue weighted by Crippen LogP contribution is 2.35. The third-order valence-electron chi connectivity index (χ3n) is 1.96. The van der Waals surface area contributed by atoms with Crippen molar-refractivity contribution in [2.45, 2.75) is 6.42 Å². The van der Waals surface area contributed by atoms with Crippen molar-refractivity contribution in [2.24, 2.45) is 0 Å². The summed E-state index contributed by atoms with van der Waals surface area (Å²) in [7, 11) is 1.58. The van der Waals surface area contributed by atoms with Crippen molar-refractivity contribution < 1.29 is 13.9 Å². The van der Waals surface area contributed by atoms with Gasteiger partial charge in [-0.3, -0.25) is 0 Å². The fourth-order valence-corrected chi connectivity index (χ4v) is 1.31. The molecule has 1 aromatic rings. The summed E-state index contributed by atoms with van der Waals surface area (Å²) in [4.78, 5) is 0. The molecule has 90 valence electrons. The lowest BCUT2D eigenvalue weighted by Crippen LogP contribution is -2.06. The molecular formula is C10H14ClFN2O2. The third-order valence-corrected chi connectivity index (χ3v) is 2.34. The number of rotatable bonds is 5. The molecule has 6 heteroatoms. The predicted octanol–water partition coefficient (Wildman–Crippen LogP) is 2.06. The Morgan fingerprint density at radius 3 is 2.62 bits per heavy atom. The standard InChI is InChI=1S/C10H14ClFN2O2/c1-15-3-2-4-16-10-7(14)5-6(13)8(11)9(10)12/h5H,2-4,13-14H2,1H3. The van der Waals surface area contributed by atoms with Gasteiger partial charge in [-0.25, -0.2) is 4.39 Å². The maximum atomic E-state index is 13.6. The molecule has 0 aliphatic heterocycles. The van der Waals surface area contributed by atoms with Gasteiger partial charge in [0, 0.05) is 20.1 Å². The number of halogens is 2. The van der Waals surface area contributed by atoms with Gasteiger partial charge in [0.2, 0.25) is 0 Å². The summed E-state index contributed by atoms with van der Waals surface area (Å²) < 4.78 is 23.6. The van der Waals surface area contributed by atoms with Crippen molar-refractivity contribution in [3.8, 4) is 5.75 Å². The number of hydrogen-bond acceptors (Lipinski definition) is 4. The zero-order valence-corrected chi connectivity index (χ0v) is 9.68. The summed E-state index contributed by atoms with van der Waals surface area (Å²) in [6, 6.07) is 1.37. The Morgan fingerprint density at radius 2 is 2.00 bits per heavy atom. The molecular weight excluding hydrogens is 235 g/mol. The van der Waals surface area contributed by atoms with E-state index < -0.39 is 5.82 Å². The fraction of sp³-hybridized carbons (Fsp3) is 0.400. The van der Waals surface area contributed by atoms with Gasteiger partial charge in [0.25, 0.3) is 0 Å². The second-order valence-electron chi connectivity index (χ2n) is 3.21. The molecule has 1 aromatic carbocycles. The first-order chi connectivity index (χ1) is 7.57. The van der Waals surface area contributed by atoms with Crippen LogP contribution in [0.1, 0.15) is 6.42 Å². The molecule has 16 heavy (non-hydrogen) atoms. The monoisotopic (exact) mass is 248 g/mol. The highest BCUT2D eigenvalue weighted by Gasteiger charge is 2.15. The summed E-state index contributed by atoms with van der Waals surface area (Å²) in [6.45, 7) is 0.833. The minimum atomic E-state index is -0.725. The normalized spacial score (nSPS) is 10.4. The van der Waals surface area contributed by atoms with Gasteiger partial charge >= 0.3 is 0 Å². The van der Waals surface area contributed by atoms with E-state index in [2.05, 4.69) is 0 Å². The lowest BCUT2D eigenvalue weighted by Gasteiger charge is -2.11. The van der Waals surface area contributed by atoms with Crippen molar-refractivity contribution >= 4 is 23.0 Å². The van der Waals surface area contributed by atoms with Gasteiger partial charge in [0.15, 0.2) is 11.6 Å². The number of methoxy groups -OCH3 is 1. The number of nitrogens with two attached hydrogens (primary N) is 2. The first-order valence-electron chi connectivity index (χ1n) is 4.72. The molecule has 0 unspecified atom stereocenters. The Hall–Kier alpha value is -1.20. The Kier molecular flexibility index (Phi) is 4.64. The summed E-state index contributed by atoms with van der Waals surface area (Å²) in [6.07, 6.45) is 0.636. The number of nitrogen functional groups attached to an aromatic ring is 2. The van der Waals surface area contributed by atoms with Crippen LogP contribution < -0.4 is 16.2 Å². The first kappa shape index (κ1) is 12.9. The Morgan fingerprint density at radius 1 is 1.31 bits per heavy atom. The highest BCUT2D eigenvalue weighted by molar-refractivity contribution is 6.33. The van der Waals surface area contributed by atoms with Gasteiger partial charge in [0.05, 0.1) is 18.0 Å². The molecule has 0 atom stereocenters. The summed E-state index contributed by atoms with van der Waals surface area (Å²) in [5, 5.41) is -0.170. The van der Waals surface area contributed by atoms with Crippen molar-refractivity contribution in [3.05, 3.63) is 16.9 Å². The third kappa shape index (κ3) is 2.90. The summed E-state index contributed by atoms with van der Waals surface area (Å²) in [5.41, 5.74) is 11.2. The van der Waals surface area contributed by atoms with Gasteiger partial charge in [0.1, 0.15) is 5.02 Å². The molecule has 0 saturated carbocycles. The molecule has 0 saturated heterocycles. The average molecular weight is 249 g/mol. The van der Waals surface area contributed by atoms with Crippen molar-refractivity contribution in [1.82, 2.24) is 0 Å². The Labute approximate surface area is 98.3 Å². The minimum absolute atomic E-state index is 0.0599. The maximum Gasteiger partial charge on any atom is 0.187 e. The number of hydrogen-bond donors (Lipinski definition) is 2. The van der Waals surface area contributed by atoms with Crippen LogP contribution in [0.25, 0.3) is 0 Å². The molecule has 0 radical (unpaired) electrons. The fourth-order valence-electron chi connectivity index (χ4n) is 1.17. The van der Waals surface area contributed by atoms with E-state index in [1.54, 1.807) is 7.11 Å². The van der Waals surface area contributed by atoms with Gasteiger partial charge in [-0.05, 0) is 6.07 Å². The molecule has 0 aliphatic carbocycles. The minimum Gasteiger partial charge on any atom is -0.488 e. The first-order valence-corrected chi connectivity index (χ1v) is 5.10. The lowest BCUT2D eigenvalue weighted by molar-refractivity contribution is 0.171. The molecule has 0 aromatic heterocycles. The van der Waals surface area contributed by atoms with E-state index >= 15 is 0 Å². The van der Waals surface area contributed by atoms with Crippen LogP contribution in [0.5, 0.6) is 5.75 Å². The van der Waals surface area contributed by atoms with Gasteiger partial charge in [-0.1, -0.05) is 11.6 Å². The molecule has 0 spiro atoms. The van der Waals surface area contributed by atoms with E-state index in [4.69, 9.17) is 32.5 Å². The van der Waals surface area contributed by atoms with Crippen molar-refractivity contribution in [1.29, 1.82) is 0 Å². The topological polar surface area (TPSA) is 70.5 Å². The van der Waals surface area contributed by atoms with Crippen LogP contribution in [0.2, 0.25) is 5.02 Å². The summed E-state index contributed by atoms with van der Waals surface area (Å²) in [5.74, 6) is -0.785. The zero-order valence-electron chi connectivity index (χ0n) is 8.93. The largest absolute Gasteiger partial charge is 0.488 e. The van der Waals surface area contributed by atoms with Crippen LogP contribution in [0, 0.1) is 5.82 Å². The van der Waals surface area contributed by atoms with E-state index in [0.717, 1.165) is 0 Å². The van der Waals surface area contributed by atoms with E-state index in [-0.39, 0.29) is 22.1 Å². The number of ether oxygens (including phenoxy) is 2. The maximum absolute atomic E-state index is 13.6. The van der Waals surface area contributed by atoms with Crippen LogP contribution in [0.3, 0.4) is 0 Å². The molecule has 0 aliphatic rings. The number of benzene rings is 1. The van der Waals surface area contributed by atoms with Crippen LogP contribution >= 0.6 is 11.6 Å². The number of anilines is 2. The Bertz CT molecular complexity index is 374. The second kappa shape index (κ2) is 5.77. The van der Waals surface area contributed by atoms with Gasteiger partial charge in [-0.2, -0.15) is 0 Å². The van der Waals surface area contributed by atoms with E-state index in [1.807, 2.05) is 0 Å². The molecule has 0 heterocycles. The van der Waals surface area contributed by atoms with Crippen molar-refractivity contribution in [2.75, 3.05) is 31.8 Å². The van der Waals surface area contributed by atoms with Crippen molar-refractivity contribution in [3.63, 3.8) is 0 Å². The van der Waals surface area contributed by atoms with E-state index in [9.17, 15) is 4.39 Å². The summed E-state index contributed by atoms with van der Waals surface area (Å²) >= 11 is 5.63. The van der Waals surface area contributed by atoms with Crippen LogP contribution in [-0.2, 0) is 4.74 Å². The van der Waals surface area contributed by atoms with Crippen LogP contribution in [0.4, 0.5) is 15.8 Å². The molecule has 1 rings (SSSR count). The smallest absolute Gasteiger partial charge is 0.187 e. The second-order valence-corrected chi connectivity index (χ2v) is 3.58. The molecule has 0 bridgehead atoms. The van der Waals surface area contributed by atoms with E-state index in [1.165, 1.54) is 6.07 Å². The zero-order chi connectivity index (χ0) is 12.1.